The molecule has 0 spiro atoms. The van der Waals surface area contributed by atoms with Crippen LogP contribution in [0.25, 0.3) is 10.9 Å². The molecule has 0 radical (unpaired) electrons. The lowest BCUT2D eigenvalue weighted by Gasteiger charge is -2.36. The Morgan fingerprint density at radius 3 is 3.00 bits per heavy atom. The van der Waals surface area contributed by atoms with Gasteiger partial charge in [-0.15, -0.1) is 0 Å². The summed E-state index contributed by atoms with van der Waals surface area (Å²) in [5.41, 5.74) is 8.67. The predicted molar refractivity (Wildman–Crippen MR) is 90.5 cm³/mol. The summed E-state index contributed by atoms with van der Waals surface area (Å²) in [6, 6.07) is 6.41. The van der Waals surface area contributed by atoms with Crippen LogP contribution in [0.4, 0.5) is 11.4 Å². The molecule has 0 aliphatic carbocycles. The van der Waals surface area contributed by atoms with Gasteiger partial charge >= 0.3 is 0 Å². The quantitative estimate of drug-likeness (QED) is 0.861. The topological polar surface area (TPSA) is 60.2 Å². The van der Waals surface area contributed by atoms with Crippen molar-refractivity contribution in [2.24, 2.45) is 0 Å². The molecule has 21 heavy (non-hydrogen) atoms. The van der Waals surface area contributed by atoms with Crippen molar-refractivity contribution in [1.82, 2.24) is 4.98 Å². The molecule has 3 N–H and O–H groups in total. The van der Waals surface area contributed by atoms with Crippen molar-refractivity contribution in [2.75, 3.05) is 17.7 Å². The number of benzene rings is 1. The second kappa shape index (κ2) is 5.46. The molecule has 3 rings (SSSR count). The molecule has 1 atom stereocenters. The van der Waals surface area contributed by atoms with Gasteiger partial charge in [-0.2, -0.15) is 0 Å². The fourth-order valence-electron chi connectivity index (χ4n) is 2.90. The van der Waals surface area contributed by atoms with Gasteiger partial charge in [-0.3, -0.25) is 4.98 Å². The number of nitrogen functional groups attached to an aromatic ring is 1. The van der Waals surface area contributed by atoms with E-state index in [4.69, 9.17) is 10.5 Å². The van der Waals surface area contributed by atoms with Crippen molar-refractivity contribution in [3.05, 3.63) is 28.9 Å². The fraction of sp³-hybridized carbons (Fsp3) is 0.438. The molecule has 2 heterocycles. The van der Waals surface area contributed by atoms with Gasteiger partial charge in [0, 0.05) is 22.5 Å². The van der Waals surface area contributed by atoms with E-state index in [0.29, 0.717) is 11.7 Å². The van der Waals surface area contributed by atoms with Gasteiger partial charge in [-0.25, -0.2) is 0 Å². The molecule has 1 aliphatic rings. The van der Waals surface area contributed by atoms with E-state index in [0.717, 1.165) is 40.5 Å². The highest BCUT2D eigenvalue weighted by atomic mass is 79.9. The Kier molecular flexibility index (Phi) is 3.80. The van der Waals surface area contributed by atoms with Gasteiger partial charge in [0.1, 0.15) is 0 Å². The summed E-state index contributed by atoms with van der Waals surface area (Å²) < 4.78 is 6.80. The molecule has 1 aliphatic heterocycles. The third kappa shape index (κ3) is 3.14. The van der Waals surface area contributed by atoms with Crippen molar-refractivity contribution in [1.29, 1.82) is 0 Å². The molecule has 112 valence electrons. The smallest absolute Gasteiger partial charge is 0.0743 e. The second-order valence-electron chi connectivity index (χ2n) is 6.19. The molecule has 1 aromatic heterocycles. The maximum Gasteiger partial charge on any atom is 0.0743 e. The van der Waals surface area contributed by atoms with Gasteiger partial charge in [0.15, 0.2) is 0 Å². The SMILES string of the molecule is CC1(C)CC(Nc2c(N)cnc3ccc(Br)cc23)CCO1. The number of hydrogen-bond acceptors (Lipinski definition) is 4. The first-order valence-electron chi connectivity index (χ1n) is 7.19. The zero-order valence-electron chi connectivity index (χ0n) is 12.3. The van der Waals surface area contributed by atoms with Crippen molar-refractivity contribution in [3.63, 3.8) is 0 Å². The highest BCUT2D eigenvalue weighted by molar-refractivity contribution is 9.10. The lowest BCUT2D eigenvalue weighted by atomic mass is 9.93. The highest BCUT2D eigenvalue weighted by Crippen LogP contribution is 2.33. The number of nitrogens with zero attached hydrogens (tertiary/aromatic N) is 1. The third-order valence-electron chi connectivity index (χ3n) is 3.90. The Morgan fingerprint density at radius 1 is 1.43 bits per heavy atom. The van der Waals surface area contributed by atoms with Gasteiger partial charge < -0.3 is 15.8 Å². The number of fused-ring (bicyclic) bond motifs is 1. The first-order chi connectivity index (χ1) is 9.94. The normalized spacial score (nSPS) is 21.4. The largest absolute Gasteiger partial charge is 0.396 e. The predicted octanol–water partition coefficient (Wildman–Crippen LogP) is 3.95. The van der Waals surface area contributed by atoms with Gasteiger partial charge in [0.25, 0.3) is 0 Å². The fourth-order valence-corrected chi connectivity index (χ4v) is 3.26. The molecular weight excluding hydrogens is 330 g/mol. The Hall–Kier alpha value is -1.33. The van der Waals surface area contributed by atoms with Crippen LogP contribution in [0.1, 0.15) is 26.7 Å². The average Bonchev–Trinajstić information content (AvgIpc) is 2.41. The van der Waals surface area contributed by atoms with E-state index in [-0.39, 0.29) is 5.60 Å². The van der Waals surface area contributed by atoms with Crippen LogP contribution < -0.4 is 11.1 Å². The molecule has 1 unspecified atom stereocenters. The number of halogens is 1. The molecule has 1 aromatic carbocycles. The number of anilines is 2. The van der Waals surface area contributed by atoms with E-state index >= 15 is 0 Å². The van der Waals surface area contributed by atoms with Gasteiger partial charge in [0.05, 0.1) is 28.7 Å². The van der Waals surface area contributed by atoms with Crippen LogP contribution in [-0.2, 0) is 4.74 Å². The third-order valence-corrected chi connectivity index (χ3v) is 4.40. The maximum atomic E-state index is 6.15. The van der Waals surface area contributed by atoms with Crippen LogP contribution >= 0.6 is 15.9 Å². The highest BCUT2D eigenvalue weighted by Gasteiger charge is 2.29. The van der Waals surface area contributed by atoms with Crippen LogP contribution in [0.2, 0.25) is 0 Å². The number of pyridine rings is 1. The molecular formula is C16H20BrN3O. The molecule has 2 aromatic rings. The standard InChI is InChI=1S/C16H20BrN3O/c1-16(2)8-11(5-6-21-16)20-15-12-7-10(17)3-4-14(12)19-9-13(15)18/h3-4,7,9,11H,5-6,8,18H2,1-2H3,(H,19,20). The first-order valence-corrected chi connectivity index (χ1v) is 7.98. The van der Waals surface area contributed by atoms with E-state index in [1.165, 1.54) is 0 Å². The minimum Gasteiger partial charge on any atom is -0.396 e. The molecule has 5 heteroatoms. The Bertz CT molecular complexity index is 667. The summed E-state index contributed by atoms with van der Waals surface area (Å²) >= 11 is 3.52. The van der Waals surface area contributed by atoms with Crippen LogP contribution in [0.5, 0.6) is 0 Å². The number of nitrogens with one attached hydrogen (secondary N) is 1. The molecule has 0 saturated carbocycles. The van der Waals surface area contributed by atoms with Crippen molar-refractivity contribution in [2.45, 2.75) is 38.3 Å². The first kappa shape index (κ1) is 14.6. The molecule has 0 bridgehead atoms. The van der Waals surface area contributed by atoms with Gasteiger partial charge in [0.2, 0.25) is 0 Å². The second-order valence-corrected chi connectivity index (χ2v) is 7.11. The minimum absolute atomic E-state index is 0.0892. The summed E-state index contributed by atoms with van der Waals surface area (Å²) in [7, 11) is 0. The molecule has 1 saturated heterocycles. The number of nitrogens with two attached hydrogens (primary N) is 1. The Morgan fingerprint density at radius 2 is 2.24 bits per heavy atom. The lowest BCUT2D eigenvalue weighted by Crippen LogP contribution is -2.40. The number of aromatic nitrogens is 1. The Labute approximate surface area is 133 Å². The monoisotopic (exact) mass is 349 g/mol. The average molecular weight is 350 g/mol. The minimum atomic E-state index is -0.0892. The van der Waals surface area contributed by atoms with Crippen molar-refractivity contribution < 1.29 is 4.74 Å². The molecule has 1 fully saturated rings. The van der Waals surface area contributed by atoms with Crippen LogP contribution in [-0.4, -0.2) is 23.2 Å². The van der Waals surface area contributed by atoms with Gasteiger partial charge in [-0.05, 0) is 44.9 Å². The zero-order chi connectivity index (χ0) is 15.0. The van der Waals surface area contributed by atoms with E-state index in [2.05, 4.69) is 46.1 Å². The molecule has 4 nitrogen and oxygen atoms in total. The van der Waals surface area contributed by atoms with E-state index in [1.54, 1.807) is 6.20 Å². The van der Waals surface area contributed by atoms with Crippen LogP contribution in [0, 0.1) is 0 Å². The van der Waals surface area contributed by atoms with Gasteiger partial charge in [-0.1, -0.05) is 15.9 Å². The van der Waals surface area contributed by atoms with Crippen LogP contribution in [0.3, 0.4) is 0 Å². The summed E-state index contributed by atoms with van der Waals surface area (Å²) in [5, 5.41) is 4.66. The summed E-state index contributed by atoms with van der Waals surface area (Å²) in [6.45, 7) is 5.04. The lowest BCUT2D eigenvalue weighted by molar-refractivity contribution is -0.0553. The Balaban J connectivity index is 1.96. The number of hydrogen-bond donors (Lipinski definition) is 2. The van der Waals surface area contributed by atoms with E-state index in [1.807, 2.05) is 12.1 Å². The van der Waals surface area contributed by atoms with E-state index in [9.17, 15) is 0 Å². The summed E-state index contributed by atoms with van der Waals surface area (Å²) in [6.07, 6.45) is 3.67. The zero-order valence-corrected chi connectivity index (χ0v) is 13.9. The maximum absolute atomic E-state index is 6.15. The number of ether oxygens (including phenoxy) is 1. The summed E-state index contributed by atoms with van der Waals surface area (Å²) in [5.74, 6) is 0. The van der Waals surface area contributed by atoms with Crippen molar-refractivity contribution >= 4 is 38.2 Å². The van der Waals surface area contributed by atoms with Crippen LogP contribution in [0.15, 0.2) is 28.9 Å². The summed E-state index contributed by atoms with van der Waals surface area (Å²) in [4.78, 5) is 4.39. The molecule has 0 amide bonds. The van der Waals surface area contributed by atoms with E-state index < -0.39 is 0 Å². The number of rotatable bonds is 2. The van der Waals surface area contributed by atoms with Crippen molar-refractivity contribution in [3.8, 4) is 0 Å².